The van der Waals surface area contributed by atoms with Crippen LogP contribution in [-0.4, -0.2) is 27.8 Å². The molecule has 1 atom stereocenters. The molecule has 32 heavy (non-hydrogen) atoms. The van der Waals surface area contributed by atoms with E-state index in [4.69, 9.17) is 14.9 Å². The van der Waals surface area contributed by atoms with Gasteiger partial charge in [-0.1, -0.05) is 42.1 Å². The zero-order valence-electron chi connectivity index (χ0n) is 16.8. The molecule has 0 saturated carbocycles. The minimum atomic E-state index is -0.763. The second-order valence-electron chi connectivity index (χ2n) is 6.74. The Kier molecular flexibility index (Phi) is 6.33. The number of carbonyl (C=O) groups is 1. The van der Waals surface area contributed by atoms with Crippen molar-refractivity contribution in [1.82, 2.24) is 4.98 Å². The van der Waals surface area contributed by atoms with E-state index in [0.29, 0.717) is 10.8 Å². The summed E-state index contributed by atoms with van der Waals surface area (Å²) in [6, 6.07) is 12.2. The zero-order chi connectivity index (χ0) is 22.7. The molecule has 2 heterocycles. The summed E-state index contributed by atoms with van der Waals surface area (Å²) < 4.78 is 11.2. The summed E-state index contributed by atoms with van der Waals surface area (Å²) >= 11 is 2.28. The molecule has 0 spiro atoms. The fourth-order valence-electron chi connectivity index (χ4n) is 3.18. The van der Waals surface area contributed by atoms with Gasteiger partial charge in [0.2, 0.25) is 0 Å². The van der Waals surface area contributed by atoms with Crippen molar-refractivity contribution in [2.45, 2.75) is 12.5 Å². The maximum Gasteiger partial charge on any atom is 0.280 e. The highest BCUT2D eigenvalue weighted by molar-refractivity contribution is 8.19. The van der Waals surface area contributed by atoms with Crippen molar-refractivity contribution in [2.75, 3.05) is 7.11 Å². The number of nitrogens with zero attached hydrogens (tertiary/aromatic N) is 2. The number of Topliss-reactive ketones (excluding diaryl/α,β-unsaturated/α-hetero) is 1. The summed E-state index contributed by atoms with van der Waals surface area (Å²) in [6.07, 6.45) is 3.01. The topological polar surface area (TPSA) is 115 Å². The van der Waals surface area contributed by atoms with Gasteiger partial charge in [-0.15, -0.1) is 11.3 Å². The van der Waals surface area contributed by atoms with E-state index in [1.165, 1.54) is 36.7 Å². The second kappa shape index (κ2) is 9.33. The number of methoxy groups -OCH3 is 1. The number of ether oxygens (including phenoxy) is 2. The number of rotatable bonds is 7. The first-order valence-corrected chi connectivity index (χ1v) is 11.1. The van der Waals surface area contributed by atoms with E-state index in [1.54, 1.807) is 11.6 Å². The van der Waals surface area contributed by atoms with Crippen molar-refractivity contribution in [3.63, 3.8) is 0 Å². The Bertz CT molecular complexity index is 1210. The molecule has 1 aliphatic rings. The lowest BCUT2D eigenvalue weighted by Gasteiger charge is -2.12. The van der Waals surface area contributed by atoms with Crippen molar-refractivity contribution in [2.24, 2.45) is 0 Å². The van der Waals surface area contributed by atoms with E-state index in [2.05, 4.69) is 4.98 Å². The van der Waals surface area contributed by atoms with Crippen LogP contribution < -0.4 is 9.47 Å². The second-order valence-corrected chi connectivity index (χ2v) is 8.75. The lowest BCUT2D eigenvalue weighted by molar-refractivity contribution is -0.385. The van der Waals surface area contributed by atoms with Crippen LogP contribution in [0.25, 0.3) is 6.08 Å². The average molecular weight is 468 g/mol. The first-order chi connectivity index (χ1) is 15.5. The molecule has 162 valence electrons. The van der Waals surface area contributed by atoms with Gasteiger partial charge in [0.15, 0.2) is 17.3 Å². The van der Waals surface area contributed by atoms with Crippen molar-refractivity contribution in [1.29, 1.82) is 5.41 Å². The zero-order valence-corrected chi connectivity index (χ0v) is 18.4. The Morgan fingerprint density at radius 3 is 2.69 bits per heavy atom. The molecule has 1 saturated heterocycles. The van der Waals surface area contributed by atoms with Gasteiger partial charge >= 0.3 is 0 Å². The molecule has 2 aromatic carbocycles. The maximum absolute atomic E-state index is 12.9. The van der Waals surface area contributed by atoms with E-state index in [0.717, 1.165) is 17.3 Å². The smallest absolute Gasteiger partial charge is 0.280 e. The number of aromatic nitrogens is 1. The number of nitrogens with one attached hydrogen (secondary N) is 1. The van der Waals surface area contributed by atoms with Crippen molar-refractivity contribution in [3.8, 4) is 11.5 Å². The van der Waals surface area contributed by atoms with Gasteiger partial charge in [-0.25, -0.2) is 4.98 Å². The van der Waals surface area contributed by atoms with Crippen molar-refractivity contribution in [3.05, 3.63) is 85.2 Å². The summed E-state index contributed by atoms with van der Waals surface area (Å²) in [5, 5.41) is 22.4. The molecule has 0 bridgehead atoms. The number of allylic oxidation sites excluding steroid dienone is 1. The van der Waals surface area contributed by atoms with Crippen molar-refractivity contribution >= 4 is 45.7 Å². The van der Waals surface area contributed by atoms with E-state index in [1.807, 2.05) is 30.3 Å². The fourth-order valence-corrected chi connectivity index (χ4v) is 4.97. The Hall–Kier alpha value is -3.50. The average Bonchev–Trinajstić information content (AvgIpc) is 3.40. The van der Waals surface area contributed by atoms with E-state index < -0.39 is 10.8 Å². The van der Waals surface area contributed by atoms with Gasteiger partial charge in [-0.2, -0.15) is 0 Å². The van der Waals surface area contributed by atoms with Crippen LogP contribution in [-0.2, 0) is 11.4 Å². The minimum absolute atomic E-state index is 0.147. The quantitative estimate of drug-likeness (QED) is 0.293. The summed E-state index contributed by atoms with van der Waals surface area (Å²) in [4.78, 5) is 28.5. The van der Waals surface area contributed by atoms with Gasteiger partial charge in [-0.05, 0) is 17.7 Å². The number of thiazole rings is 1. The van der Waals surface area contributed by atoms with Gasteiger partial charge < -0.3 is 9.47 Å². The molecule has 0 amide bonds. The summed E-state index contributed by atoms with van der Waals surface area (Å²) in [5.41, 5.74) is 0.879. The molecule has 10 heteroatoms. The molecule has 1 N–H and O–H groups in total. The van der Waals surface area contributed by atoms with Gasteiger partial charge in [0.1, 0.15) is 17.5 Å². The van der Waals surface area contributed by atoms with Crippen LogP contribution in [0.1, 0.15) is 22.1 Å². The summed E-state index contributed by atoms with van der Waals surface area (Å²) in [5.74, 6) is -0.530. The monoisotopic (exact) mass is 467 g/mol. The number of nitro benzene ring substituents is 1. The summed E-state index contributed by atoms with van der Waals surface area (Å²) in [6.45, 7) is 0.218. The van der Waals surface area contributed by atoms with Crippen LogP contribution >= 0.6 is 23.1 Å². The molecule has 8 nitrogen and oxygen atoms in total. The normalized spacial score (nSPS) is 17.0. The summed E-state index contributed by atoms with van der Waals surface area (Å²) in [7, 11) is 1.44. The number of thioether (sulfide) groups is 1. The molecule has 1 aliphatic heterocycles. The largest absolute Gasteiger partial charge is 0.493 e. The predicted octanol–water partition coefficient (Wildman–Crippen LogP) is 5.06. The van der Waals surface area contributed by atoms with Crippen LogP contribution in [0.15, 0.2) is 58.9 Å². The van der Waals surface area contributed by atoms with Crippen molar-refractivity contribution < 1.29 is 19.2 Å². The van der Waals surface area contributed by atoms with Gasteiger partial charge in [0.05, 0.1) is 33.6 Å². The number of carbonyl (C=O) groups excluding carboxylic acids is 1. The molecule has 0 aliphatic carbocycles. The van der Waals surface area contributed by atoms with Gasteiger partial charge in [0, 0.05) is 11.6 Å². The van der Waals surface area contributed by atoms with E-state index >= 15 is 0 Å². The van der Waals surface area contributed by atoms with Crippen LogP contribution in [0.2, 0.25) is 0 Å². The number of nitro groups is 1. The molecular weight excluding hydrogens is 450 g/mol. The van der Waals surface area contributed by atoms with Crippen LogP contribution in [0, 0.1) is 15.5 Å². The van der Waals surface area contributed by atoms with E-state index in [9.17, 15) is 14.9 Å². The van der Waals surface area contributed by atoms with E-state index in [-0.39, 0.29) is 39.3 Å². The van der Waals surface area contributed by atoms with Crippen LogP contribution in [0.4, 0.5) is 5.69 Å². The Morgan fingerprint density at radius 1 is 1.25 bits per heavy atom. The molecule has 4 rings (SSSR count). The highest BCUT2D eigenvalue weighted by Gasteiger charge is 2.38. The van der Waals surface area contributed by atoms with Crippen LogP contribution in [0.3, 0.4) is 0 Å². The first kappa shape index (κ1) is 21.7. The SMILES string of the molecule is COc1cc(/C=C2\SC(=N)[C@H](c3nccs3)C2=O)c([N+](=O)[O-])cc1OCc1ccccc1. The first-order valence-electron chi connectivity index (χ1n) is 9.42. The highest BCUT2D eigenvalue weighted by Crippen LogP contribution is 2.43. The molecule has 1 aromatic heterocycles. The number of hydrogen-bond donors (Lipinski definition) is 1. The molecule has 0 unspecified atom stereocenters. The fraction of sp³-hybridized carbons (Fsp3) is 0.136. The lowest BCUT2D eigenvalue weighted by atomic mass is 10.0. The number of hydrogen-bond acceptors (Lipinski definition) is 9. The Balaban J connectivity index is 1.67. The molecule has 3 aromatic rings. The Labute approximate surface area is 191 Å². The predicted molar refractivity (Wildman–Crippen MR) is 124 cm³/mol. The third kappa shape index (κ3) is 4.41. The molecule has 0 radical (unpaired) electrons. The third-order valence-electron chi connectivity index (χ3n) is 4.72. The lowest BCUT2D eigenvalue weighted by Crippen LogP contribution is -2.11. The minimum Gasteiger partial charge on any atom is -0.493 e. The maximum atomic E-state index is 12.9. The highest BCUT2D eigenvalue weighted by atomic mass is 32.2. The van der Waals surface area contributed by atoms with Gasteiger partial charge in [-0.3, -0.25) is 20.3 Å². The Morgan fingerprint density at radius 2 is 2.03 bits per heavy atom. The standard InChI is InChI=1S/C22H17N3O5S2/c1-29-16-9-14(10-18-20(26)19(21(23)32-18)22-24-7-8-31-22)15(25(27)28)11-17(16)30-12-13-5-3-2-4-6-13/h2-11,19,23H,12H2,1H3/b18-10-,23-21?/t19-/m1/s1. The third-order valence-corrected chi connectivity index (χ3v) is 6.55. The van der Waals surface area contributed by atoms with Crippen LogP contribution in [0.5, 0.6) is 11.5 Å². The number of benzene rings is 2. The number of ketones is 1. The van der Waals surface area contributed by atoms with Gasteiger partial charge in [0.25, 0.3) is 5.69 Å². The molecule has 1 fully saturated rings. The molecular formula is C22H17N3O5S2.